The topological polar surface area (TPSA) is 15.3 Å². The van der Waals surface area contributed by atoms with Gasteiger partial charge < -0.3 is 10.2 Å². The van der Waals surface area contributed by atoms with Crippen LogP contribution in [0.25, 0.3) is 0 Å². The Balaban J connectivity index is 2.40. The maximum Gasteiger partial charge on any atom is 0.126 e. The summed E-state index contributed by atoms with van der Waals surface area (Å²) in [5.41, 5.74) is 2.99. The smallest absolute Gasteiger partial charge is 0.126 e. The molecule has 1 aliphatic rings. The lowest BCUT2D eigenvalue weighted by atomic mass is 10.0. The Kier molecular flexibility index (Phi) is 3.91. The molecule has 1 N–H and O–H groups in total. The van der Waals surface area contributed by atoms with Gasteiger partial charge in [0.15, 0.2) is 0 Å². The predicted octanol–water partition coefficient (Wildman–Crippen LogP) is 3.26. The van der Waals surface area contributed by atoms with Crippen LogP contribution in [0.5, 0.6) is 0 Å². The number of anilines is 1. The fraction of sp³-hybridized carbons (Fsp3) is 0.600. The van der Waals surface area contributed by atoms with E-state index in [1.54, 1.807) is 6.07 Å². The number of nitrogens with one attached hydrogen (secondary N) is 1. The minimum atomic E-state index is -0.108. The first-order chi connectivity index (χ1) is 8.52. The Bertz CT molecular complexity index is 431. The molecule has 2 rings (SSSR count). The van der Waals surface area contributed by atoms with E-state index in [2.05, 4.69) is 24.1 Å². The van der Waals surface area contributed by atoms with Gasteiger partial charge in [-0.15, -0.1) is 0 Å². The second kappa shape index (κ2) is 5.27. The van der Waals surface area contributed by atoms with Crippen molar-refractivity contribution in [2.24, 2.45) is 5.92 Å². The van der Waals surface area contributed by atoms with Crippen LogP contribution in [0.3, 0.4) is 0 Å². The van der Waals surface area contributed by atoms with E-state index in [-0.39, 0.29) is 11.9 Å². The standard InChI is InChI=1S/C15H23FN2/c1-10-5-6-18(9-10)15-7-11(2)14(16)8-13(15)12(3)17-4/h7-8,10,12,17H,5-6,9H2,1-4H3. The minimum absolute atomic E-state index is 0.108. The molecule has 3 heteroatoms. The van der Waals surface area contributed by atoms with Crippen molar-refractivity contribution in [1.82, 2.24) is 5.32 Å². The van der Waals surface area contributed by atoms with Crippen LogP contribution >= 0.6 is 0 Å². The van der Waals surface area contributed by atoms with Crippen molar-refractivity contribution in [3.05, 3.63) is 29.1 Å². The Hall–Kier alpha value is -1.09. The molecular formula is C15H23FN2. The zero-order valence-electron chi connectivity index (χ0n) is 11.8. The Morgan fingerprint density at radius 3 is 2.72 bits per heavy atom. The monoisotopic (exact) mass is 250 g/mol. The number of rotatable bonds is 3. The largest absolute Gasteiger partial charge is 0.371 e. The van der Waals surface area contributed by atoms with Gasteiger partial charge in [-0.1, -0.05) is 6.92 Å². The van der Waals surface area contributed by atoms with Crippen LogP contribution in [-0.2, 0) is 0 Å². The van der Waals surface area contributed by atoms with Gasteiger partial charge in [-0.05, 0) is 56.5 Å². The molecule has 0 radical (unpaired) electrons. The van der Waals surface area contributed by atoms with E-state index < -0.39 is 0 Å². The summed E-state index contributed by atoms with van der Waals surface area (Å²) in [7, 11) is 1.92. The second-order valence-corrected chi connectivity index (χ2v) is 5.51. The van der Waals surface area contributed by atoms with E-state index in [4.69, 9.17) is 0 Å². The molecule has 1 aromatic carbocycles. The summed E-state index contributed by atoms with van der Waals surface area (Å²) in [5.74, 6) is 0.621. The molecule has 0 saturated carbocycles. The third kappa shape index (κ3) is 2.51. The van der Waals surface area contributed by atoms with E-state index in [0.29, 0.717) is 0 Å². The summed E-state index contributed by atoms with van der Waals surface area (Å²) in [5, 5.41) is 3.21. The number of hydrogen-bond acceptors (Lipinski definition) is 2. The van der Waals surface area contributed by atoms with Crippen molar-refractivity contribution in [3.8, 4) is 0 Å². The van der Waals surface area contributed by atoms with E-state index >= 15 is 0 Å². The molecule has 18 heavy (non-hydrogen) atoms. The van der Waals surface area contributed by atoms with Crippen LogP contribution in [0.4, 0.5) is 10.1 Å². The lowest BCUT2D eigenvalue weighted by Crippen LogP contribution is -2.24. The molecule has 1 saturated heterocycles. The highest BCUT2D eigenvalue weighted by atomic mass is 19.1. The first-order valence-electron chi connectivity index (χ1n) is 6.75. The van der Waals surface area contributed by atoms with Crippen molar-refractivity contribution in [1.29, 1.82) is 0 Å². The van der Waals surface area contributed by atoms with Crippen molar-refractivity contribution in [2.45, 2.75) is 33.2 Å². The van der Waals surface area contributed by atoms with Crippen molar-refractivity contribution in [3.63, 3.8) is 0 Å². The van der Waals surface area contributed by atoms with Gasteiger partial charge in [0.05, 0.1) is 0 Å². The van der Waals surface area contributed by atoms with Gasteiger partial charge in [-0.3, -0.25) is 0 Å². The van der Waals surface area contributed by atoms with Crippen LogP contribution < -0.4 is 10.2 Å². The van der Waals surface area contributed by atoms with E-state index in [1.165, 1.54) is 12.1 Å². The number of halogens is 1. The summed E-state index contributed by atoms with van der Waals surface area (Å²) in [6.07, 6.45) is 1.23. The van der Waals surface area contributed by atoms with Gasteiger partial charge in [0.1, 0.15) is 5.82 Å². The third-order valence-corrected chi connectivity index (χ3v) is 3.97. The summed E-state index contributed by atoms with van der Waals surface area (Å²) < 4.78 is 13.8. The van der Waals surface area contributed by atoms with Crippen molar-refractivity contribution >= 4 is 5.69 Å². The molecule has 0 bridgehead atoms. The van der Waals surface area contributed by atoms with Gasteiger partial charge in [-0.25, -0.2) is 4.39 Å². The zero-order valence-corrected chi connectivity index (χ0v) is 11.8. The predicted molar refractivity (Wildman–Crippen MR) is 74.6 cm³/mol. The molecule has 0 amide bonds. The quantitative estimate of drug-likeness (QED) is 0.885. The molecule has 1 aliphatic heterocycles. The first kappa shape index (κ1) is 13.3. The number of aryl methyl sites for hydroxylation is 1. The highest BCUT2D eigenvalue weighted by Crippen LogP contribution is 2.32. The highest BCUT2D eigenvalue weighted by Gasteiger charge is 2.23. The van der Waals surface area contributed by atoms with Gasteiger partial charge in [0.2, 0.25) is 0 Å². The van der Waals surface area contributed by atoms with Crippen LogP contribution in [0, 0.1) is 18.7 Å². The molecule has 1 heterocycles. The lowest BCUT2D eigenvalue weighted by molar-refractivity contribution is 0.600. The average Bonchev–Trinajstić information content (AvgIpc) is 2.77. The Morgan fingerprint density at radius 2 is 2.17 bits per heavy atom. The van der Waals surface area contributed by atoms with E-state index in [0.717, 1.165) is 30.1 Å². The maximum atomic E-state index is 13.8. The molecular weight excluding hydrogens is 227 g/mol. The first-order valence-corrected chi connectivity index (χ1v) is 6.75. The molecule has 2 atom stereocenters. The van der Waals surface area contributed by atoms with Crippen LogP contribution in [0.1, 0.15) is 37.4 Å². The fourth-order valence-electron chi connectivity index (χ4n) is 2.61. The van der Waals surface area contributed by atoms with Gasteiger partial charge in [0, 0.05) is 24.8 Å². The zero-order chi connectivity index (χ0) is 13.3. The highest BCUT2D eigenvalue weighted by molar-refractivity contribution is 5.57. The molecule has 0 spiro atoms. The van der Waals surface area contributed by atoms with Crippen LogP contribution in [0.2, 0.25) is 0 Å². The number of hydrogen-bond donors (Lipinski definition) is 1. The molecule has 0 aromatic heterocycles. The molecule has 0 aliphatic carbocycles. The number of benzene rings is 1. The Morgan fingerprint density at radius 1 is 1.44 bits per heavy atom. The molecule has 2 nitrogen and oxygen atoms in total. The summed E-state index contributed by atoms with van der Waals surface area (Å²) in [4.78, 5) is 2.39. The van der Waals surface area contributed by atoms with Crippen LogP contribution in [-0.4, -0.2) is 20.1 Å². The molecule has 2 unspecified atom stereocenters. The summed E-state index contributed by atoms with van der Waals surface area (Å²) in [6, 6.07) is 3.86. The van der Waals surface area contributed by atoms with Gasteiger partial charge >= 0.3 is 0 Å². The van der Waals surface area contributed by atoms with Gasteiger partial charge in [0.25, 0.3) is 0 Å². The number of nitrogens with zero attached hydrogens (tertiary/aromatic N) is 1. The molecule has 100 valence electrons. The second-order valence-electron chi connectivity index (χ2n) is 5.51. The minimum Gasteiger partial charge on any atom is -0.371 e. The molecule has 1 fully saturated rings. The van der Waals surface area contributed by atoms with Gasteiger partial charge in [-0.2, -0.15) is 0 Å². The van der Waals surface area contributed by atoms with Crippen molar-refractivity contribution in [2.75, 3.05) is 25.0 Å². The van der Waals surface area contributed by atoms with E-state index in [9.17, 15) is 4.39 Å². The Labute approximate surface area is 109 Å². The average molecular weight is 250 g/mol. The fourth-order valence-corrected chi connectivity index (χ4v) is 2.61. The summed E-state index contributed by atoms with van der Waals surface area (Å²) >= 11 is 0. The van der Waals surface area contributed by atoms with E-state index in [1.807, 2.05) is 20.0 Å². The maximum absolute atomic E-state index is 13.8. The normalized spacial score (nSPS) is 21.4. The van der Waals surface area contributed by atoms with Crippen LogP contribution in [0.15, 0.2) is 12.1 Å². The summed E-state index contributed by atoms with van der Waals surface area (Å²) in [6.45, 7) is 8.35. The third-order valence-electron chi connectivity index (χ3n) is 3.97. The molecule has 1 aromatic rings. The lowest BCUT2D eigenvalue weighted by Gasteiger charge is -2.25. The van der Waals surface area contributed by atoms with Crippen molar-refractivity contribution < 1.29 is 4.39 Å². The SMILES string of the molecule is CNC(C)c1cc(F)c(C)cc1N1CCC(C)C1.